The fourth-order valence-electron chi connectivity index (χ4n) is 1.03. The molecule has 2 aromatic heterocycles. The molecule has 0 aromatic carbocycles. The minimum Gasteiger partial charge on any atom is -0.306 e. The van der Waals surface area contributed by atoms with Crippen molar-refractivity contribution >= 4 is 11.0 Å². The van der Waals surface area contributed by atoms with Crippen LogP contribution >= 0.6 is 0 Å². The molecule has 0 atom stereocenters. The van der Waals surface area contributed by atoms with Crippen LogP contribution in [0.3, 0.4) is 0 Å². The molecule has 3 nitrogen and oxygen atoms in total. The summed E-state index contributed by atoms with van der Waals surface area (Å²) in [5.41, 5.74) is -0.350. The van der Waals surface area contributed by atoms with Gasteiger partial charge in [-0.15, -0.1) is 0 Å². The molecule has 0 aliphatic heterocycles. The third kappa shape index (κ3) is 1.28. The number of H-pyrrole nitrogens is 1. The van der Waals surface area contributed by atoms with Crippen molar-refractivity contribution in [3.05, 3.63) is 40.3 Å². The van der Waals surface area contributed by atoms with E-state index in [0.717, 1.165) is 6.07 Å². The summed E-state index contributed by atoms with van der Waals surface area (Å²) in [4.78, 5) is 16.3. The second kappa shape index (κ2) is 2.62. The summed E-state index contributed by atoms with van der Waals surface area (Å²) in [6.07, 6.45) is 0. The van der Waals surface area contributed by atoms with E-state index in [-0.39, 0.29) is 5.65 Å². The van der Waals surface area contributed by atoms with Crippen LogP contribution < -0.4 is 5.56 Å². The highest BCUT2D eigenvalue weighted by atomic mass is 19.2. The number of aromatic amines is 1. The zero-order chi connectivity index (χ0) is 9.42. The Morgan fingerprint density at radius 3 is 2.85 bits per heavy atom. The van der Waals surface area contributed by atoms with Crippen molar-refractivity contribution < 1.29 is 8.78 Å². The lowest BCUT2D eigenvalue weighted by molar-refractivity contribution is 0.483. The van der Waals surface area contributed by atoms with E-state index in [0.29, 0.717) is 5.39 Å². The zero-order valence-electron chi connectivity index (χ0n) is 6.34. The summed E-state index contributed by atoms with van der Waals surface area (Å²) in [7, 11) is 0. The Balaban J connectivity index is 2.89. The Kier molecular flexibility index (Phi) is 1.58. The van der Waals surface area contributed by atoms with Crippen molar-refractivity contribution in [3.8, 4) is 0 Å². The lowest BCUT2D eigenvalue weighted by atomic mass is 10.3. The van der Waals surface area contributed by atoms with Gasteiger partial charge >= 0.3 is 0 Å². The lowest BCUT2D eigenvalue weighted by Gasteiger charge is -1.96. The molecule has 0 saturated carbocycles. The molecule has 66 valence electrons. The largest absolute Gasteiger partial charge is 0.306 e. The Hall–Kier alpha value is -1.78. The van der Waals surface area contributed by atoms with Crippen molar-refractivity contribution in [1.82, 2.24) is 9.97 Å². The first-order valence-electron chi connectivity index (χ1n) is 3.52. The van der Waals surface area contributed by atoms with Crippen LogP contribution in [0.15, 0.2) is 23.0 Å². The van der Waals surface area contributed by atoms with Gasteiger partial charge in [0.15, 0.2) is 5.82 Å². The van der Waals surface area contributed by atoms with E-state index in [1.807, 2.05) is 0 Å². The number of pyridine rings is 2. The van der Waals surface area contributed by atoms with Gasteiger partial charge in [-0.25, -0.2) is 4.39 Å². The number of halogens is 2. The van der Waals surface area contributed by atoms with E-state index in [2.05, 4.69) is 9.97 Å². The summed E-state index contributed by atoms with van der Waals surface area (Å²) in [6.45, 7) is 0. The van der Waals surface area contributed by atoms with Gasteiger partial charge in [-0.3, -0.25) is 4.79 Å². The summed E-state index contributed by atoms with van der Waals surface area (Å²) >= 11 is 0. The summed E-state index contributed by atoms with van der Waals surface area (Å²) in [5.74, 6) is -2.24. The Morgan fingerprint density at radius 2 is 2.08 bits per heavy atom. The van der Waals surface area contributed by atoms with Gasteiger partial charge < -0.3 is 4.98 Å². The second-order valence-corrected chi connectivity index (χ2v) is 2.52. The molecule has 2 aromatic rings. The quantitative estimate of drug-likeness (QED) is 0.622. The molecule has 0 aliphatic carbocycles. The molecule has 0 amide bonds. The lowest BCUT2D eigenvalue weighted by Crippen LogP contribution is -2.04. The third-order valence-corrected chi connectivity index (χ3v) is 1.62. The first-order chi connectivity index (χ1) is 6.16. The summed E-state index contributed by atoms with van der Waals surface area (Å²) in [5, 5.41) is 0.360. The maximum Gasteiger partial charge on any atom is 0.250 e. The number of aromatic nitrogens is 2. The first kappa shape index (κ1) is 7.85. The van der Waals surface area contributed by atoms with Crippen molar-refractivity contribution in [2.45, 2.75) is 0 Å². The number of hydrogen-bond acceptors (Lipinski definition) is 2. The molecule has 0 aliphatic rings. The smallest absolute Gasteiger partial charge is 0.250 e. The standard InChI is InChI=1S/C8H4F2N2O/c9-5-3-4-1-2-6(13)11-8(4)12-7(5)10/h1-3H,(H,11,12,13). The number of fused-ring (bicyclic) bond motifs is 1. The minimum absolute atomic E-state index is 0.0476. The molecule has 2 heterocycles. The van der Waals surface area contributed by atoms with Gasteiger partial charge in [0.25, 0.3) is 5.95 Å². The van der Waals surface area contributed by atoms with Gasteiger partial charge in [0.2, 0.25) is 5.56 Å². The number of hydrogen-bond donors (Lipinski definition) is 1. The molecule has 13 heavy (non-hydrogen) atoms. The van der Waals surface area contributed by atoms with E-state index >= 15 is 0 Å². The molecule has 0 saturated heterocycles. The Morgan fingerprint density at radius 1 is 1.31 bits per heavy atom. The molecule has 0 radical (unpaired) electrons. The van der Waals surface area contributed by atoms with Crippen LogP contribution in [0.1, 0.15) is 0 Å². The maximum atomic E-state index is 12.6. The van der Waals surface area contributed by atoms with Crippen LogP contribution in [-0.2, 0) is 0 Å². The van der Waals surface area contributed by atoms with E-state index in [1.165, 1.54) is 12.1 Å². The van der Waals surface area contributed by atoms with Crippen LogP contribution in [0.25, 0.3) is 11.0 Å². The highest BCUT2D eigenvalue weighted by Crippen LogP contribution is 2.10. The molecule has 1 N–H and O–H groups in total. The second-order valence-electron chi connectivity index (χ2n) is 2.52. The van der Waals surface area contributed by atoms with Gasteiger partial charge in [0.1, 0.15) is 5.65 Å². The highest BCUT2D eigenvalue weighted by molar-refractivity contribution is 5.73. The first-order valence-corrected chi connectivity index (χ1v) is 3.52. The van der Waals surface area contributed by atoms with Gasteiger partial charge in [-0.1, -0.05) is 0 Å². The van der Waals surface area contributed by atoms with Gasteiger partial charge in [-0.05, 0) is 12.1 Å². The van der Waals surface area contributed by atoms with Gasteiger partial charge in [-0.2, -0.15) is 9.37 Å². The molecule has 2 rings (SSSR count). The summed E-state index contributed by atoms with van der Waals surface area (Å²) < 4.78 is 25.2. The van der Waals surface area contributed by atoms with Crippen LogP contribution in [0.5, 0.6) is 0 Å². The van der Waals surface area contributed by atoms with Gasteiger partial charge in [0.05, 0.1) is 0 Å². The van der Waals surface area contributed by atoms with Crippen molar-refractivity contribution in [2.75, 3.05) is 0 Å². The summed E-state index contributed by atoms with van der Waals surface area (Å²) in [6, 6.07) is 3.58. The third-order valence-electron chi connectivity index (χ3n) is 1.62. The topological polar surface area (TPSA) is 45.8 Å². The minimum atomic E-state index is -1.21. The van der Waals surface area contributed by atoms with Crippen LogP contribution in [0.4, 0.5) is 8.78 Å². The number of nitrogens with zero attached hydrogens (tertiary/aromatic N) is 1. The monoisotopic (exact) mass is 182 g/mol. The Labute approximate surface area is 71.0 Å². The van der Waals surface area contributed by atoms with Crippen LogP contribution in [0.2, 0.25) is 0 Å². The van der Waals surface area contributed by atoms with E-state index in [1.54, 1.807) is 0 Å². The van der Waals surface area contributed by atoms with E-state index in [9.17, 15) is 13.6 Å². The fraction of sp³-hybridized carbons (Fsp3) is 0. The Bertz CT molecular complexity index is 521. The zero-order valence-corrected chi connectivity index (χ0v) is 6.34. The van der Waals surface area contributed by atoms with Crippen molar-refractivity contribution in [2.24, 2.45) is 0 Å². The predicted molar refractivity (Wildman–Crippen MR) is 42.3 cm³/mol. The average molecular weight is 182 g/mol. The highest BCUT2D eigenvalue weighted by Gasteiger charge is 2.05. The van der Waals surface area contributed by atoms with Crippen LogP contribution in [0, 0.1) is 11.8 Å². The average Bonchev–Trinajstić information content (AvgIpc) is 2.08. The van der Waals surface area contributed by atoms with Gasteiger partial charge in [0, 0.05) is 11.5 Å². The predicted octanol–water partition coefficient (Wildman–Crippen LogP) is 1.20. The molecule has 0 spiro atoms. The van der Waals surface area contributed by atoms with Crippen molar-refractivity contribution in [3.63, 3.8) is 0 Å². The maximum absolute atomic E-state index is 12.6. The molecule has 5 heteroatoms. The normalized spacial score (nSPS) is 10.6. The van der Waals surface area contributed by atoms with Crippen molar-refractivity contribution in [1.29, 1.82) is 0 Å². The van der Waals surface area contributed by atoms with E-state index < -0.39 is 17.3 Å². The molecular weight excluding hydrogens is 178 g/mol. The van der Waals surface area contributed by atoms with Crippen LogP contribution in [-0.4, -0.2) is 9.97 Å². The number of nitrogens with one attached hydrogen (secondary N) is 1. The molecule has 0 fully saturated rings. The SMILES string of the molecule is O=c1ccc2cc(F)c(F)nc2[nH]1. The molecule has 0 unspecified atom stereocenters. The van der Waals surface area contributed by atoms with E-state index in [4.69, 9.17) is 0 Å². The molecular formula is C8H4F2N2O. The number of rotatable bonds is 0. The fourth-order valence-corrected chi connectivity index (χ4v) is 1.03. The molecule has 0 bridgehead atoms.